The molecule has 214 valence electrons. The lowest BCUT2D eigenvalue weighted by Crippen LogP contribution is -2.59. The monoisotopic (exact) mass is 556 g/mol. The second-order valence-corrected chi connectivity index (χ2v) is 11.9. The number of carbonyl (C=O) groups is 2. The summed E-state index contributed by atoms with van der Waals surface area (Å²) in [5.41, 5.74) is 14.7. The van der Waals surface area contributed by atoms with Crippen molar-refractivity contribution < 1.29 is 14.1 Å². The third kappa shape index (κ3) is 4.69. The van der Waals surface area contributed by atoms with Crippen LogP contribution in [0.5, 0.6) is 0 Å². The number of piperidine rings is 1. The average molecular weight is 557 g/mol. The summed E-state index contributed by atoms with van der Waals surface area (Å²) in [6.07, 6.45) is 3.43. The lowest BCUT2D eigenvalue weighted by atomic mass is 9.74. The van der Waals surface area contributed by atoms with Gasteiger partial charge in [0.25, 0.3) is 5.95 Å². The second kappa shape index (κ2) is 9.91. The maximum atomic E-state index is 14.2. The lowest BCUT2D eigenvalue weighted by molar-refractivity contribution is -0.139. The van der Waals surface area contributed by atoms with E-state index in [4.69, 9.17) is 16.0 Å². The third-order valence-electron chi connectivity index (χ3n) is 8.68. The number of aromatic nitrogens is 3. The van der Waals surface area contributed by atoms with Gasteiger partial charge in [-0.05, 0) is 55.1 Å². The molecule has 0 saturated carbocycles. The predicted molar refractivity (Wildman–Crippen MR) is 157 cm³/mol. The van der Waals surface area contributed by atoms with Gasteiger partial charge in [-0.3, -0.25) is 9.59 Å². The van der Waals surface area contributed by atoms with Crippen LogP contribution in [0.4, 0.5) is 17.7 Å². The number of carbonyl (C=O) groups excluding carboxylic acids is 2. The Balaban J connectivity index is 1.25. The molecule has 6 N–H and O–H groups in total. The van der Waals surface area contributed by atoms with Crippen LogP contribution in [-0.2, 0) is 15.0 Å². The van der Waals surface area contributed by atoms with Gasteiger partial charge < -0.3 is 36.1 Å². The molecule has 1 saturated heterocycles. The number of nitrogens with one attached hydrogen (secondary N) is 2. The number of nitrogen functional groups attached to an aromatic ring is 1. The van der Waals surface area contributed by atoms with Crippen LogP contribution in [0.1, 0.15) is 50.7 Å². The fourth-order valence-corrected chi connectivity index (χ4v) is 6.30. The zero-order chi connectivity index (χ0) is 28.9. The van der Waals surface area contributed by atoms with Crippen molar-refractivity contribution in [3.05, 3.63) is 65.9 Å². The Labute approximate surface area is 238 Å². The van der Waals surface area contributed by atoms with E-state index in [-0.39, 0.29) is 29.2 Å². The minimum absolute atomic E-state index is 0.0249. The van der Waals surface area contributed by atoms with Crippen molar-refractivity contribution in [2.24, 2.45) is 5.73 Å². The van der Waals surface area contributed by atoms with E-state index in [1.165, 1.54) is 5.56 Å². The van der Waals surface area contributed by atoms with Crippen molar-refractivity contribution in [3.8, 4) is 0 Å². The van der Waals surface area contributed by atoms with E-state index in [0.717, 1.165) is 35.0 Å². The van der Waals surface area contributed by atoms with Crippen molar-refractivity contribution in [2.45, 2.75) is 56.5 Å². The molecule has 2 aromatic heterocycles. The molecule has 2 amide bonds. The standard InChI is InChI=1S/C30H36N8O3/c1-18(20-16-33-22-10-6-4-8-19(20)22)24(34-26(40)29(2,3)32)25(39)37-14-12-30(13-15-37)17-38(28-35-27(31)41-36-28)23-11-7-5-9-21(23)30/h4-11,16,18,24,33H,12-15,17,32H2,1-3H3,(H,34,40)(H2,31,35,36)/t18-,24-/m1/s1. The highest BCUT2D eigenvalue weighted by atomic mass is 16.5. The number of amides is 2. The molecule has 2 aliphatic rings. The van der Waals surface area contributed by atoms with Gasteiger partial charge in [0.2, 0.25) is 11.8 Å². The van der Waals surface area contributed by atoms with Crippen LogP contribution in [0.25, 0.3) is 10.9 Å². The topological polar surface area (TPSA) is 159 Å². The number of hydrogen-bond acceptors (Lipinski definition) is 8. The van der Waals surface area contributed by atoms with Gasteiger partial charge in [-0.15, -0.1) is 0 Å². The highest BCUT2D eigenvalue weighted by Crippen LogP contribution is 2.49. The van der Waals surface area contributed by atoms with E-state index in [1.54, 1.807) is 13.8 Å². The van der Waals surface area contributed by atoms with E-state index in [0.29, 0.717) is 25.6 Å². The van der Waals surface area contributed by atoms with Crippen LogP contribution >= 0.6 is 0 Å². The van der Waals surface area contributed by atoms with E-state index in [2.05, 4.69) is 32.6 Å². The van der Waals surface area contributed by atoms with Gasteiger partial charge in [0, 0.05) is 53.8 Å². The maximum Gasteiger partial charge on any atom is 0.320 e. The van der Waals surface area contributed by atoms with Crippen LogP contribution in [-0.4, -0.2) is 63.1 Å². The molecule has 41 heavy (non-hydrogen) atoms. The van der Waals surface area contributed by atoms with Gasteiger partial charge in [-0.25, -0.2) is 0 Å². The van der Waals surface area contributed by atoms with Gasteiger partial charge in [0.1, 0.15) is 6.04 Å². The van der Waals surface area contributed by atoms with Gasteiger partial charge in [-0.2, -0.15) is 4.98 Å². The highest BCUT2D eigenvalue weighted by molar-refractivity contribution is 5.93. The summed E-state index contributed by atoms with van der Waals surface area (Å²) in [6, 6.07) is 15.4. The van der Waals surface area contributed by atoms with Crippen LogP contribution in [0, 0.1) is 0 Å². The first kappa shape index (κ1) is 26.8. The first-order chi connectivity index (χ1) is 19.6. The first-order valence-corrected chi connectivity index (χ1v) is 14.0. The Hall–Kier alpha value is -4.38. The molecule has 4 heterocycles. The second-order valence-electron chi connectivity index (χ2n) is 11.9. The van der Waals surface area contributed by atoms with Gasteiger partial charge in [0.05, 0.1) is 5.54 Å². The number of rotatable bonds is 6. The molecule has 4 aromatic rings. The van der Waals surface area contributed by atoms with Crippen LogP contribution in [0.2, 0.25) is 0 Å². The molecule has 11 heteroatoms. The Kier molecular flexibility index (Phi) is 6.49. The Morgan fingerprint density at radius 2 is 1.83 bits per heavy atom. The molecule has 1 spiro atoms. The molecule has 2 aromatic carbocycles. The van der Waals surface area contributed by atoms with Crippen LogP contribution in [0.15, 0.2) is 59.3 Å². The van der Waals surface area contributed by atoms with E-state index in [1.807, 2.05) is 59.3 Å². The number of hydrogen-bond donors (Lipinski definition) is 4. The number of para-hydroxylation sites is 2. The molecular weight excluding hydrogens is 520 g/mol. The van der Waals surface area contributed by atoms with E-state index < -0.39 is 11.6 Å². The minimum atomic E-state index is -1.13. The molecule has 0 aliphatic carbocycles. The molecule has 6 rings (SSSR count). The molecule has 1 fully saturated rings. The smallest absolute Gasteiger partial charge is 0.320 e. The zero-order valence-corrected chi connectivity index (χ0v) is 23.6. The number of H-pyrrole nitrogens is 1. The third-order valence-corrected chi connectivity index (χ3v) is 8.68. The summed E-state index contributed by atoms with van der Waals surface area (Å²) >= 11 is 0. The SMILES string of the molecule is C[C@H](c1c[nH]c2ccccc12)[C@@H](NC(=O)C(C)(C)N)C(=O)N1CCC2(CC1)CN(c1noc(N)n1)c1ccccc12. The molecular formula is C30H36N8O3. The summed E-state index contributed by atoms with van der Waals surface area (Å²) in [5, 5.41) is 8.08. The van der Waals surface area contributed by atoms with E-state index in [9.17, 15) is 9.59 Å². The maximum absolute atomic E-state index is 14.2. The van der Waals surface area contributed by atoms with Gasteiger partial charge in [-0.1, -0.05) is 43.3 Å². The summed E-state index contributed by atoms with van der Waals surface area (Å²) in [5.74, 6) is -0.322. The highest BCUT2D eigenvalue weighted by Gasteiger charge is 2.47. The number of anilines is 3. The molecule has 2 atom stereocenters. The van der Waals surface area contributed by atoms with Crippen LogP contribution < -0.4 is 21.7 Å². The molecule has 0 unspecified atom stereocenters. The Morgan fingerprint density at radius 3 is 2.54 bits per heavy atom. The van der Waals surface area contributed by atoms with Gasteiger partial charge in [0.15, 0.2) is 0 Å². The number of benzene rings is 2. The Morgan fingerprint density at radius 1 is 1.12 bits per heavy atom. The average Bonchev–Trinajstić information content (AvgIpc) is 3.67. The van der Waals surface area contributed by atoms with Crippen molar-refractivity contribution in [3.63, 3.8) is 0 Å². The predicted octanol–water partition coefficient (Wildman–Crippen LogP) is 3.17. The van der Waals surface area contributed by atoms with Crippen LogP contribution in [0.3, 0.4) is 0 Å². The summed E-state index contributed by atoms with van der Waals surface area (Å²) < 4.78 is 5.05. The fraction of sp³-hybridized carbons (Fsp3) is 0.400. The quantitative estimate of drug-likeness (QED) is 0.282. The molecule has 11 nitrogen and oxygen atoms in total. The number of nitrogens with zero attached hydrogens (tertiary/aromatic N) is 4. The minimum Gasteiger partial charge on any atom is -0.361 e. The lowest BCUT2D eigenvalue weighted by Gasteiger charge is -2.41. The van der Waals surface area contributed by atoms with Crippen molar-refractivity contribution in [1.29, 1.82) is 0 Å². The van der Waals surface area contributed by atoms with Gasteiger partial charge >= 0.3 is 6.01 Å². The number of fused-ring (bicyclic) bond motifs is 3. The molecule has 2 aliphatic heterocycles. The first-order valence-electron chi connectivity index (χ1n) is 14.0. The summed E-state index contributed by atoms with van der Waals surface area (Å²) in [7, 11) is 0. The van der Waals surface area contributed by atoms with Crippen molar-refractivity contribution in [1.82, 2.24) is 25.3 Å². The summed E-state index contributed by atoms with van der Waals surface area (Å²) in [6.45, 7) is 7.04. The van der Waals surface area contributed by atoms with E-state index >= 15 is 0 Å². The number of nitrogens with two attached hydrogens (primary N) is 2. The fourth-order valence-electron chi connectivity index (χ4n) is 6.30. The van der Waals surface area contributed by atoms with Crippen molar-refractivity contribution >= 4 is 40.4 Å². The molecule has 0 bridgehead atoms. The normalized spacial score (nSPS) is 18.0. The molecule has 0 radical (unpaired) electrons. The Bertz CT molecular complexity index is 1590. The summed E-state index contributed by atoms with van der Waals surface area (Å²) in [4.78, 5) is 38.7. The van der Waals surface area contributed by atoms with Crippen molar-refractivity contribution in [2.75, 3.05) is 30.3 Å². The number of aromatic amines is 1. The largest absolute Gasteiger partial charge is 0.361 e. The number of likely N-dealkylation sites (tertiary alicyclic amines) is 1. The zero-order valence-electron chi connectivity index (χ0n) is 23.6.